The number of aromatic nitrogens is 2. The van der Waals surface area contributed by atoms with E-state index in [0.717, 1.165) is 16.9 Å². The van der Waals surface area contributed by atoms with Gasteiger partial charge in [-0.2, -0.15) is 0 Å². The fraction of sp³-hybridized carbons (Fsp3) is 0.211. The highest BCUT2D eigenvalue weighted by molar-refractivity contribution is 6.31. The Bertz CT molecular complexity index is 787. The van der Waals surface area contributed by atoms with Gasteiger partial charge in [0, 0.05) is 23.8 Å². The highest BCUT2D eigenvalue weighted by atomic mass is 35.5. The maximum atomic E-state index is 11.4. The minimum absolute atomic E-state index is 0.380. The molecule has 0 radical (unpaired) electrons. The predicted molar refractivity (Wildman–Crippen MR) is 94.3 cm³/mol. The summed E-state index contributed by atoms with van der Waals surface area (Å²) in [7, 11) is 1.62. The lowest BCUT2D eigenvalue weighted by Crippen LogP contribution is -2.33. The van der Waals surface area contributed by atoms with Gasteiger partial charge in [-0.1, -0.05) is 41.9 Å². The molecule has 24 heavy (non-hydrogen) atoms. The quantitative estimate of drug-likeness (QED) is 0.743. The van der Waals surface area contributed by atoms with Crippen LogP contribution in [-0.2, 0) is 18.6 Å². The van der Waals surface area contributed by atoms with Crippen LogP contribution >= 0.6 is 11.6 Å². The Morgan fingerprint density at radius 1 is 1.17 bits per heavy atom. The standard InChI is InChI=1S/C19H19ClN2O2/c1-24-17-8-6-16(7-9-17)19(23,13-22-11-10-21-14-22)12-15-4-2-3-5-18(15)20/h2-11,14,23H,12-13H2,1H3. The van der Waals surface area contributed by atoms with Gasteiger partial charge < -0.3 is 14.4 Å². The van der Waals surface area contributed by atoms with Crippen molar-refractivity contribution in [1.29, 1.82) is 0 Å². The topological polar surface area (TPSA) is 47.3 Å². The van der Waals surface area contributed by atoms with Gasteiger partial charge in [0.2, 0.25) is 0 Å². The molecule has 0 aliphatic rings. The smallest absolute Gasteiger partial charge is 0.118 e. The Hall–Kier alpha value is -2.30. The van der Waals surface area contributed by atoms with Crippen LogP contribution in [0.2, 0.25) is 5.02 Å². The number of methoxy groups -OCH3 is 1. The molecule has 0 aliphatic heterocycles. The first-order valence-corrected chi connectivity index (χ1v) is 8.04. The zero-order chi connectivity index (χ0) is 17.0. The van der Waals surface area contributed by atoms with Crippen LogP contribution in [0.3, 0.4) is 0 Å². The lowest BCUT2D eigenvalue weighted by molar-refractivity contribution is 0.0185. The largest absolute Gasteiger partial charge is 0.497 e. The van der Waals surface area contributed by atoms with Crippen molar-refractivity contribution in [3.8, 4) is 5.75 Å². The zero-order valence-corrected chi connectivity index (χ0v) is 14.1. The molecule has 0 saturated heterocycles. The van der Waals surface area contributed by atoms with E-state index in [1.54, 1.807) is 19.6 Å². The molecule has 2 aromatic carbocycles. The van der Waals surface area contributed by atoms with Crippen LogP contribution in [-0.4, -0.2) is 21.8 Å². The molecule has 3 rings (SSSR count). The molecule has 0 saturated carbocycles. The van der Waals surface area contributed by atoms with Crippen molar-refractivity contribution in [2.45, 2.75) is 18.6 Å². The van der Waals surface area contributed by atoms with Crippen LogP contribution in [0, 0.1) is 0 Å². The molecule has 1 unspecified atom stereocenters. The number of hydrogen-bond donors (Lipinski definition) is 1. The average molecular weight is 343 g/mol. The first kappa shape index (κ1) is 16.6. The lowest BCUT2D eigenvalue weighted by atomic mass is 9.87. The van der Waals surface area contributed by atoms with E-state index in [1.165, 1.54) is 0 Å². The minimum Gasteiger partial charge on any atom is -0.497 e. The molecule has 1 atom stereocenters. The second-order valence-corrected chi connectivity index (χ2v) is 6.17. The summed E-state index contributed by atoms with van der Waals surface area (Å²) < 4.78 is 7.07. The number of hydrogen-bond acceptors (Lipinski definition) is 3. The summed E-state index contributed by atoms with van der Waals surface area (Å²) in [6.45, 7) is 0.380. The molecule has 0 bridgehead atoms. The van der Waals surface area contributed by atoms with Crippen molar-refractivity contribution in [2.24, 2.45) is 0 Å². The monoisotopic (exact) mass is 342 g/mol. The van der Waals surface area contributed by atoms with Crippen LogP contribution in [0.1, 0.15) is 11.1 Å². The van der Waals surface area contributed by atoms with Gasteiger partial charge >= 0.3 is 0 Å². The molecule has 0 aliphatic carbocycles. The summed E-state index contributed by atoms with van der Waals surface area (Å²) in [5, 5.41) is 12.1. The normalized spacial score (nSPS) is 13.5. The van der Waals surface area contributed by atoms with Crippen LogP contribution in [0.4, 0.5) is 0 Å². The van der Waals surface area contributed by atoms with Gasteiger partial charge in [0.05, 0.1) is 20.0 Å². The van der Waals surface area contributed by atoms with Crippen molar-refractivity contribution in [1.82, 2.24) is 9.55 Å². The van der Waals surface area contributed by atoms with E-state index in [2.05, 4.69) is 4.98 Å². The maximum absolute atomic E-state index is 11.4. The number of nitrogens with zero attached hydrogens (tertiary/aromatic N) is 2. The van der Waals surface area contributed by atoms with Crippen molar-refractivity contribution in [2.75, 3.05) is 7.11 Å². The van der Waals surface area contributed by atoms with Gasteiger partial charge in [-0.15, -0.1) is 0 Å². The van der Waals surface area contributed by atoms with Gasteiger partial charge in [0.25, 0.3) is 0 Å². The van der Waals surface area contributed by atoms with E-state index in [-0.39, 0.29) is 0 Å². The lowest BCUT2D eigenvalue weighted by Gasteiger charge is -2.30. The molecule has 1 heterocycles. The van der Waals surface area contributed by atoms with E-state index < -0.39 is 5.60 Å². The number of halogens is 1. The van der Waals surface area contributed by atoms with E-state index in [4.69, 9.17) is 16.3 Å². The first-order valence-electron chi connectivity index (χ1n) is 7.67. The summed E-state index contributed by atoms with van der Waals surface area (Å²) in [5.41, 5.74) is 0.590. The van der Waals surface area contributed by atoms with E-state index in [1.807, 2.05) is 59.3 Å². The number of rotatable bonds is 6. The summed E-state index contributed by atoms with van der Waals surface area (Å²) in [4.78, 5) is 4.06. The Labute approximate surface area is 146 Å². The van der Waals surface area contributed by atoms with Crippen LogP contribution in [0.15, 0.2) is 67.3 Å². The average Bonchev–Trinajstić information content (AvgIpc) is 3.10. The molecule has 4 nitrogen and oxygen atoms in total. The SMILES string of the molecule is COc1ccc(C(O)(Cc2ccccc2Cl)Cn2ccnc2)cc1. The van der Waals surface area contributed by atoms with Crippen molar-refractivity contribution in [3.63, 3.8) is 0 Å². The third-order valence-corrected chi connectivity index (χ3v) is 4.44. The zero-order valence-electron chi connectivity index (χ0n) is 13.4. The molecule has 0 spiro atoms. The molecule has 3 aromatic rings. The first-order chi connectivity index (χ1) is 11.6. The van der Waals surface area contributed by atoms with E-state index in [9.17, 15) is 5.11 Å². The van der Waals surface area contributed by atoms with Gasteiger partial charge in [-0.05, 0) is 29.3 Å². The van der Waals surface area contributed by atoms with Crippen molar-refractivity contribution in [3.05, 3.63) is 83.4 Å². The Kier molecular flexibility index (Phi) is 4.88. The number of imidazole rings is 1. The molecular formula is C19H19ClN2O2. The molecular weight excluding hydrogens is 324 g/mol. The molecule has 1 aromatic heterocycles. The number of aliphatic hydroxyl groups is 1. The predicted octanol–water partition coefficient (Wildman–Crippen LogP) is 3.68. The molecule has 0 fully saturated rings. The molecule has 124 valence electrons. The van der Waals surface area contributed by atoms with Gasteiger partial charge in [0.1, 0.15) is 11.4 Å². The maximum Gasteiger partial charge on any atom is 0.118 e. The second kappa shape index (κ2) is 7.07. The highest BCUT2D eigenvalue weighted by Crippen LogP contribution is 2.31. The van der Waals surface area contributed by atoms with Gasteiger partial charge in [-0.25, -0.2) is 4.98 Å². The summed E-state index contributed by atoms with van der Waals surface area (Å²) >= 11 is 6.30. The van der Waals surface area contributed by atoms with Crippen molar-refractivity contribution < 1.29 is 9.84 Å². The number of ether oxygens (including phenoxy) is 1. The van der Waals surface area contributed by atoms with Crippen LogP contribution < -0.4 is 4.74 Å². The molecule has 1 N–H and O–H groups in total. The fourth-order valence-electron chi connectivity index (χ4n) is 2.79. The number of benzene rings is 2. The Morgan fingerprint density at radius 2 is 1.92 bits per heavy atom. The van der Waals surface area contributed by atoms with E-state index >= 15 is 0 Å². The van der Waals surface area contributed by atoms with Gasteiger partial charge in [-0.3, -0.25) is 0 Å². The second-order valence-electron chi connectivity index (χ2n) is 5.76. The third kappa shape index (κ3) is 3.61. The summed E-state index contributed by atoms with van der Waals surface area (Å²) in [5.74, 6) is 0.751. The highest BCUT2D eigenvalue weighted by Gasteiger charge is 2.31. The van der Waals surface area contributed by atoms with Crippen LogP contribution in [0.25, 0.3) is 0 Å². The summed E-state index contributed by atoms with van der Waals surface area (Å²) in [6.07, 6.45) is 5.63. The van der Waals surface area contributed by atoms with E-state index in [0.29, 0.717) is 18.0 Å². The molecule has 0 amide bonds. The Balaban J connectivity index is 1.97. The molecule has 5 heteroatoms. The Morgan fingerprint density at radius 3 is 2.54 bits per heavy atom. The van der Waals surface area contributed by atoms with Crippen LogP contribution in [0.5, 0.6) is 5.75 Å². The minimum atomic E-state index is -1.11. The summed E-state index contributed by atoms with van der Waals surface area (Å²) in [6, 6.07) is 15.0. The van der Waals surface area contributed by atoms with Gasteiger partial charge in [0.15, 0.2) is 0 Å². The fourth-order valence-corrected chi connectivity index (χ4v) is 2.99. The van der Waals surface area contributed by atoms with Crippen molar-refractivity contribution >= 4 is 11.6 Å². The third-order valence-electron chi connectivity index (χ3n) is 4.07.